The van der Waals surface area contributed by atoms with E-state index in [0.717, 1.165) is 25.0 Å². The molecule has 1 saturated carbocycles. The summed E-state index contributed by atoms with van der Waals surface area (Å²) in [6.07, 6.45) is 5.32. The van der Waals surface area contributed by atoms with Crippen LogP contribution in [0, 0.1) is 5.92 Å². The van der Waals surface area contributed by atoms with Crippen LogP contribution in [-0.2, 0) is 0 Å². The second-order valence-electron chi connectivity index (χ2n) is 6.53. The third kappa shape index (κ3) is 6.06. The van der Waals surface area contributed by atoms with Crippen LogP contribution < -0.4 is 10.6 Å². The first-order valence-corrected chi connectivity index (χ1v) is 8.24. The molecule has 1 aliphatic carbocycles. The van der Waals surface area contributed by atoms with Crippen molar-refractivity contribution in [1.29, 1.82) is 0 Å². The molecular formula is C18H30N2. The molecule has 2 heteroatoms. The molecule has 0 heterocycles. The lowest BCUT2D eigenvalue weighted by Gasteiger charge is -2.19. The van der Waals surface area contributed by atoms with Gasteiger partial charge in [-0.05, 0) is 56.2 Å². The molecule has 0 radical (unpaired) electrons. The quantitative estimate of drug-likeness (QED) is 0.638. The van der Waals surface area contributed by atoms with E-state index in [1.807, 2.05) is 0 Å². The zero-order chi connectivity index (χ0) is 14.2. The molecule has 1 unspecified atom stereocenters. The van der Waals surface area contributed by atoms with Crippen molar-refractivity contribution < 1.29 is 0 Å². The molecule has 0 aliphatic heterocycles. The largest absolute Gasteiger partial charge is 0.316 e. The summed E-state index contributed by atoms with van der Waals surface area (Å²) in [5, 5.41) is 7.24. The van der Waals surface area contributed by atoms with Gasteiger partial charge in [-0.2, -0.15) is 0 Å². The maximum absolute atomic E-state index is 3.63. The maximum atomic E-state index is 3.63. The van der Waals surface area contributed by atoms with Gasteiger partial charge in [-0.25, -0.2) is 0 Å². The van der Waals surface area contributed by atoms with Crippen LogP contribution in [-0.4, -0.2) is 25.7 Å². The molecule has 20 heavy (non-hydrogen) atoms. The van der Waals surface area contributed by atoms with Crippen LogP contribution in [0.1, 0.15) is 51.0 Å². The van der Waals surface area contributed by atoms with Gasteiger partial charge in [0.05, 0.1) is 0 Å². The number of rotatable bonds is 10. The maximum Gasteiger partial charge on any atom is 0.00682 e. The van der Waals surface area contributed by atoms with Crippen LogP contribution in [0.15, 0.2) is 30.3 Å². The second kappa shape index (κ2) is 8.43. The predicted molar refractivity (Wildman–Crippen MR) is 87.1 cm³/mol. The van der Waals surface area contributed by atoms with E-state index in [0.29, 0.717) is 5.92 Å². The van der Waals surface area contributed by atoms with Crippen molar-refractivity contribution in [2.24, 2.45) is 5.92 Å². The van der Waals surface area contributed by atoms with Gasteiger partial charge in [-0.3, -0.25) is 0 Å². The highest BCUT2D eigenvalue weighted by molar-refractivity contribution is 5.19. The Morgan fingerprint density at radius 2 is 1.85 bits per heavy atom. The first kappa shape index (κ1) is 15.5. The second-order valence-corrected chi connectivity index (χ2v) is 6.53. The highest BCUT2D eigenvalue weighted by Crippen LogP contribution is 2.22. The Labute approximate surface area is 124 Å². The van der Waals surface area contributed by atoms with Gasteiger partial charge < -0.3 is 10.6 Å². The minimum atomic E-state index is 0.649. The van der Waals surface area contributed by atoms with Gasteiger partial charge >= 0.3 is 0 Å². The van der Waals surface area contributed by atoms with Crippen molar-refractivity contribution in [2.45, 2.75) is 51.5 Å². The summed E-state index contributed by atoms with van der Waals surface area (Å²) in [7, 11) is 0. The summed E-state index contributed by atoms with van der Waals surface area (Å²) < 4.78 is 0. The van der Waals surface area contributed by atoms with Crippen molar-refractivity contribution in [3.63, 3.8) is 0 Å². The lowest BCUT2D eigenvalue weighted by molar-refractivity contribution is 0.484. The highest BCUT2D eigenvalue weighted by Gasteiger charge is 2.20. The van der Waals surface area contributed by atoms with E-state index in [1.54, 1.807) is 0 Å². The van der Waals surface area contributed by atoms with Gasteiger partial charge in [-0.15, -0.1) is 0 Å². The molecule has 0 aromatic heterocycles. The van der Waals surface area contributed by atoms with Gasteiger partial charge in [0.15, 0.2) is 0 Å². The van der Waals surface area contributed by atoms with Crippen molar-refractivity contribution in [2.75, 3.05) is 19.6 Å². The number of hydrogen-bond donors (Lipinski definition) is 2. The van der Waals surface area contributed by atoms with Crippen molar-refractivity contribution in [3.8, 4) is 0 Å². The Kier molecular flexibility index (Phi) is 6.55. The summed E-state index contributed by atoms with van der Waals surface area (Å²) in [5.41, 5.74) is 1.48. The van der Waals surface area contributed by atoms with Crippen molar-refractivity contribution in [1.82, 2.24) is 10.6 Å². The van der Waals surface area contributed by atoms with Crippen LogP contribution in [0.4, 0.5) is 0 Å². The summed E-state index contributed by atoms with van der Waals surface area (Å²) in [6, 6.07) is 11.8. The average Bonchev–Trinajstić information content (AvgIpc) is 3.26. The van der Waals surface area contributed by atoms with Crippen LogP contribution in [0.2, 0.25) is 0 Å². The zero-order valence-corrected chi connectivity index (χ0v) is 13.1. The molecular weight excluding hydrogens is 244 g/mol. The van der Waals surface area contributed by atoms with E-state index in [-0.39, 0.29) is 0 Å². The predicted octanol–water partition coefficient (Wildman–Crippen LogP) is 3.55. The molecule has 0 amide bonds. The van der Waals surface area contributed by atoms with E-state index in [4.69, 9.17) is 0 Å². The summed E-state index contributed by atoms with van der Waals surface area (Å²) >= 11 is 0. The highest BCUT2D eigenvalue weighted by atomic mass is 14.9. The molecule has 1 fully saturated rings. The first-order chi connectivity index (χ1) is 9.75. The Bertz CT molecular complexity index is 357. The number of nitrogens with one attached hydrogen (secondary N) is 2. The van der Waals surface area contributed by atoms with Gasteiger partial charge in [-0.1, -0.05) is 44.2 Å². The topological polar surface area (TPSA) is 24.1 Å². The van der Waals surface area contributed by atoms with Crippen molar-refractivity contribution >= 4 is 0 Å². The lowest BCUT2D eigenvalue weighted by Crippen LogP contribution is -2.26. The molecule has 2 N–H and O–H groups in total. The van der Waals surface area contributed by atoms with Crippen LogP contribution in [0.3, 0.4) is 0 Å². The molecule has 0 saturated heterocycles. The molecule has 1 aliphatic rings. The molecule has 2 nitrogen and oxygen atoms in total. The SMILES string of the molecule is CC(C)CNCC(CCCNC1CC1)c1ccccc1. The standard InChI is InChI=1S/C18H30N2/c1-15(2)13-19-14-17(16-7-4-3-5-8-16)9-6-12-20-18-10-11-18/h3-5,7-8,15,17-20H,6,9-14H2,1-2H3. The molecule has 0 bridgehead atoms. The van der Waals surface area contributed by atoms with Gasteiger partial charge in [0.1, 0.15) is 0 Å². The third-order valence-corrected chi connectivity index (χ3v) is 3.95. The van der Waals surface area contributed by atoms with E-state index >= 15 is 0 Å². The Morgan fingerprint density at radius 3 is 2.50 bits per heavy atom. The third-order valence-electron chi connectivity index (χ3n) is 3.95. The fraction of sp³-hybridized carbons (Fsp3) is 0.667. The monoisotopic (exact) mass is 274 g/mol. The van der Waals surface area contributed by atoms with Gasteiger partial charge in [0.2, 0.25) is 0 Å². The minimum Gasteiger partial charge on any atom is -0.316 e. The lowest BCUT2D eigenvalue weighted by atomic mass is 9.94. The van der Waals surface area contributed by atoms with E-state index < -0.39 is 0 Å². The number of benzene rings is 1. The summed E-state index contributed by atoms with van der Waals surface area (Å²) in [6.45, 7) is 7.93. The molecule has 1 aromatic carbocycles. The molecule has 2 rings (SSSR count). The smallest absolute Gasteiger partial charge is 0.00682 e. The van der Waals surface area contributed by atoms with Crippen LogP contribution in [0.5, 0.6) is 0 Å². The molecule has 1 aromatic rings. The zero-order valence-electron chi connectivity index (χ0n) is 13.1. The van der Waals surface area contributed by atoms with Gasteiger partial charge in [0, 0.05) is 12.6 Å². The fourth-order valence-electron chi connectivity index (χ4n) is 2.60. The average molecular weight is 274 g/mol. The minimum absolute atomic E-state index is 0.649. The molecule has 0 spiro atoms. The van der Waals surface area contributed by atoms with E-state index in [2.05, 4.69) is 54.8 Å². The van der Waals surface area contributed by atoms with E-state index in [9.17, 15) is 0 Å². The van der Waals surface area contributed by atoms with Crippen LogP contribution >= 0.6 is 0 Å². The Balaban J connectivity index is 1.75. The van der Waals surface area contributed by atoms with Gasteiger partial charge in [0.25, 0.3) is 0 Å². The Morgan fingerprint density at radius 1 is 1.10 bits per heavy atom. The fourth-order valence-corrected chi connectivity index (χ4v) is 2.60. The normalized spacial score (nSPS) is 16.6. The molecule has 112 valence electrons. The van der Waals surface area contributed by atoms with Crippen LogP contribution in [0.25, 0.3) is 0 Å². The summed E-state index contributed by atoms with van der Waals surface area (Å²) in [5.74, 6) is 1.37. The number of hydrogen-bond acceptors (Lipinski definition) is 2. The van der Waals surface area contributed by atoms with Crippen molar-refractivity contribution in [3.05, 3.63) is 35.9 Å². The summed E-state index contributed by atoms with van der Waals surface area (Å²) in [4.78, 5) is 0. The molecule has 1 atom stereocenters. The first-order valence-electron chi connectivity index (χ1n) is 8.24. The van der Waals surface area contributed by atoms with E-state index in [1.165, 1.54) is 37.8 Å². The Hall–Kier alpha value is -0.860.